The molecule has 0 aromatic heterocycles. The van der Waals surface area contributed by atoms with Gasteiger partial charge in [0.25, 0.3) is 0 Å². The average molecular weight is 413 g/mol. The van der Waals surface area contributed by atoms with Crippen LogP contribution in [-0.4, -0.2) is 39.6 Å². The average Bonchev–Trinajstić information content (AvgIpc) is 3.37. The maximum Gasteiger partial charge on any atom is 0.240 e. The number of nitrogens with zero attached hydrogens (tertiary/aromatic N) is 1. The van der Waals surface area contributed by atoms with Crippen LogP contribution in [0.15, 0.2) is 41.3 Å². The Morgan fingerprint density at radius 3 is 2.79 bits per heavy atom. The number of hydrogen-bond acceptors (Lipinski definition) is 4. The van der Waals surface area contributed by atoms with E-state index >= 15 is 0 Å². The fourth-order valence-electron chi connectivity index (χ4n) is 5.08. The molecule has 2 aliphatic heterocycles. The minimum atomic E-state index is -3.45. The summed E-state index contributed by atoms with van der Waals surface area (Å²) in [6.07, 6.45) is 6.19. The number of fused-ring (bicyclic) bond motifs is 1. The molecule has 154 valence electrons. The number of aryl methyl sites for hydroxylation is 1. The van der Waals surface area contributed by atoms with Crippen molar-refractivity contribution >= 4 is 10.0 Å². The Morgan fingerprint density at radius 2 is 1.90 bits per heavy atom. The van der Waals surface area contributed by atoms with Crippen LogP contribution < -0.4 is 9.46 Å². The Kier molecular flexibility index (Phi) is 5.10. The van der Waals surface area contributed by atoms with Gasteiger partial charge in [0.05, 0.1) is 11.5 Å². The summed E-state index contributed by atoms with van der Waals surface area (Å²) in [5, 5.41) is 0. The van der Waals surface area contributed by atoms with Gasteiger partial charge in [-0.1, -0.05) is 18.2 Å². The Balaban J connectivity index is 1.12. The van der Waals surface area contributed by atoms with Gasteiger partial charge in [-0.2, -0.15) is 0 Å². The first-order chi connectivity index (χ1) is 14.1. The predicted octanol–water partition coefficient (Wildman–Crippen LogP) is 3.23. The normalized spacial score (nSPS) is 20.3. The number of benzene rings is 2. The van der Waals surface area contributed by atoms with Crippen LogP contribution >= 0.6 is 0 Å². The largest absolute Gasteiger partial charge is 0.493 e. The zero-order valence-corrected chi connectivity index (χ0v) is 17.5. The van der Waals surface area contributed by atoms with Crippen LogP contribution in [0.2, 0.25) is 0 Å². The molecule has 2 aromatic carbocycles. The Bertz CT molecular complexity index is 1020. The number of unbranched alkanes of at least 4 members (excludes halogenated alkanes) is 1. The quantitative estimate of drug-likeness (QED) is 0.710. The van der Waals surface area contributed by atoms with Crippen LogP contribution in [0.4, 0.5) is 0 Å². The van der Waals surface area contributed by atoms with Gasteiger partial charge in [0, 0.05) is 25.6 Å². The van der Waals surface area contributed by atoms with E-state index in [9.17, 15) is 8.42 Å². The molecule has 0 fully saturated rings. The van der Waals surface area contributed by atoms with Crippen molar-refractivity contribution < 1.29 is 13.2 Å². The van der Waals surface area contributed by atoms with E-state index in [1.54, 1.807) is 23.8 Å². The van der Waals surface area contributed by atoms with Crippen molar-refractivity contribution in [3.05, 3.63) is 58.7 Å². The van der Waals surface area contributed by atoms with Crippen LogP contribution in [0.3, 0.4) is 0 Å². The van der Waals surface area contributed by atoms with E-state index in [0.717, 1.165) is 50.1 Å². The summed E-state index contributed by atoms with van der Waals surface area (Å²) in [5.74, 6) is 0.808. The van der Waals surface area contributed by atoms with Crippen LogP contribution in [0.25, 0.3) is 0 Å². The molecule has 1 N–H and O–H groups in total. The molecule has 0 bridgehead atoms. The molecule has 2 heterocycles. The molecule has 29 heavy (non-hydrogen) atoms. The van der Waals surface area contributed by atoms with Gasteiger partial charge in [0.1, 0.15) is 5.75 Å². The van der Waals surface area contributed by atoms with Crippen molar-refractivity contribution in [1.82, 2.24) is 9.62 Å². The van der Waals surface area contributed by atoms with Crippen molar-refractivity contribution in [2.75, 3.05) is 26.2 Å². The lowest BCUT2D eigenvalue weighted by Gasteiger charge is -2.35. The van der Waals surface area contributed by atoms with E-state index in [1.165, 1.54) is 24.0 Å². The van der Waals surface area contributed by atoms with E-state index in [1.807, 2.05) is 0 Å². The lowest BCUT2D eigenvalue weighted by Crippen LogP contribution is -2.35. The molecule has 0 saturated heterocycles. The minimum absolute atomic E-state index is 0.341. The highest BCUT2D eigenvalue weighted by Gasteiger charge is 2.32. The fraction of sp³-hybridized carbons (Fsp3) is 0.478. The van der Waals surface area contributed by atoms with Gasteiger partial charge in [0.2, 0.25) is 10.0 Å². The van der Waals surface area contributed by atoms with Gasteiger partial charge >= 0.3 is 0 Å². The van der Waals surface area contributed by atoms with E-state index in [2.05, 4.69) is 27.8 Å². The molecule has 1 atom stereocenters. The van der Waals surface area contributed by atoms with Gasteiger partial charge in [0.15, 0.2) is 0 Å². The molecule has 0 radical (unpaired) electrons. The highest BCUT2D eigenvalue weighted by Crippen LogP contribution is 2.41. The first-order valence-corrected chi connectivity index (χ1v) is 12.2. The SMILES string of the molecule is O=S(=O)(NCCCCN1CCc2cccc3c2C1CC3)c1ccc2c(c1)CCO2. The maximum absolute atomic E-state index is 12.6. The van der Waals surface area contributed by atoms with E-state index in [4.69, 9.17) is 4.74 Å². The number of sulfonamides is 1. The minimum Gasteiger partial charge on any atom is -0.493 e. The maximum atomic E-state index is 12.6. The third-order valence-corrected chi connectivity index (χ3v) is 8.01. The van der Waals surface area contributed by atoms with Crippen LogP contribution in [0.5, 0.6) is 5.75 Å². The number of rotatable bonds is 7. The van der Waals surface area contributed by atoms with Gasteiger partial charge in [-0.3, -0.25) is 4.90 Å². The summed E-state index contributed by atoms with van der Waals surface area (Å²) in [6.45, 7) is 3.27. The molecule has 5 nitrogen and oxygen atoms in total. The number of hydrogen-bond donors (Lipinski definition) is 1. The summed E-state index contributed by atoms with van der Waals surface area (Å²) < 4.78 is 33.4. The standard InChI is InChI=1S/C23H28N2O3S/c26-29(27,20-7-9-22-19(16-20)11-15-28-22)24-12-1-2-13-25-14-10-18-5-3-4-17-6-8-21(25)23(17)18/h3-5,7,9,16,21,24H,1-2,6,8,10-15H2. The summed E-state index contributed by atoms with van der Waals surface area (Å²) >= 11 is 0. The lowest BCUT2D eigenvalue weighted by atomic mass is 9.93. The summed E-state index contributed by atoms with van der Waals surface area (Å²) in [5.41, 5.74) is 5.63. The van der Waals surface area contributed by atoms with Gasteiger partial charge in [-0.25, -0.2) is 13.1 Å². The third-order valence-electron chi connectivity index (χ3n) is 6.55. The van der Waals surface area contributed by atoms with Crippen molar-refractivity contribution in [1.29, 1.82) is 0 Å². The second kappa shape index (κ2) is 7.74. The van der Waals surface area contributed by atoms with E-state index < -0.39 is 10.0 Å². The molecule has 0 spiro atoms. The van der Waals surface area contributed by atoms with Crippen LogP contribution in [-0.2, 0) is 29.3 Å². The molecule has 6 heteroatoms. The molecule has 2 aromatic rings. The lowest BCUT2D eigenvalue weighted by molar-refractivity contribution is 0.182. The molecule has 1 aliphatic carbocycles. The Morgan fingerprint density at radius 1 is 1.03 bits per heavy atom. The second-order valence-electron chi connectivity index (χ2n) is 8.30. The number of nitrogens with one attached hydrogen (secondary N) is 1. The van der Waals surface area contributed by atoms with Gasteiger partial charge < -0.3 is 4.74 Å². The molecular weight excluding hydrogens is 384 g/mol. The first-order valence-electron chi connectivity index (χ1n) is 10.7. The highest BCUT2D eigenvalue weighted by atomic mass is 32.2. The van der Waals surface area contributed by atoms with Crippen LogP contribution in [0, 0.1) is 0 Å². The zero-order chi connectivity index (χ0) is 19.8. The molecule has 0 saturated carbocycles. The van der Waals surface area contributed by atoms with Gasteiger partial charge in [-0.05, 0) is 79.1 Å². The molecule has 3 aliphatic rings. The topological polar surface area (TPSA) is 58.6 Å². The van der Waals surface area contributed by atoms with Crippen molar-refractivity contribution in [2.45, 2.75) is 49.5 Å². The molecule has 0 amide bonds. The van der Waals surface area contributed by atoms with Crippen molar-refractivity contribution in [3.8, 4) is 5.75 Å². The first kappa shape index (κ1) is 19.1. The smallest absolute Gasteiger partial charge is 0.240 e. The second-order valence-corrected chi connectivity index (χ2v) is 10.1. The predicted molar refractivity (Wildman–Crippen MR) is 113 cm³/mol. The Labute approximate surface area is 173 Å². The highest BCUT2D eigenvalue weighted by molar-refractivity contribution is 7.89. The fourth-order valence-corrected chi connectivity index (χ4v) is 6.20. The summed E-state index contributed by atoms with van der Waals surface area (Å²) in [6, 6.07) is 12.5. The van der Waals surface area contributed by atoms with E-state index in [-0.39, 0.29) is 0 Å². The van der Waals surface area contributed by atoms with Crippen molar-refractivity contribution in [3.63, 3.8) is 0 Å². The van der Waals surface area contributed by atoms with E-state index in [0.29, 0.717) is 24.1 Å². The van der Waals surface area contributed by atoms with Crippen molar-refractivity contribution in [2.24, 2.45) is 0 Å². The monoisotopic (exact) mass is 412 g/mol. The summed E-state index contributed by atoms with van der Waals surface area (Å²) in [4.78, 5) is 2.95. The van der Waals surface area contributed by atoms with Gasteiger partial charge in [-0.15, -0.1) is 0 Å². The number of ether oxygens (including phenoxy) is 1. The molecule has 1 unspecified atom stereocenters. The third kappa shape index (κ3) is 3.69. The molecule has 5 rings (SSSR count). The Hall–Kier alpha value is -1.89. The van der Waals surface area contributed by atoms with Crippen LogP contribution in [0.1, 0.15) is 47.6 Å². The summed E-state index contributed by atoms with van der Waals surface area (Å²) in [7, 11) is -3.45. The molecular formula is C23H28N2O3S. The zero-order valence-electron chi connectivity index (χ0n) is 16.7.